The number of piperidine rings is 1. The molecule has 2 aliphatic rings. The fourth-order valence-electron chi connectivity index (χ4n) is 3.91. The van der Waals surface area contributed by atoms with Crippen LogP contribution in [0.2, 0.25) is 0 Å². The Bertz CT molecular complexity index is 576. The standard InChI is InChI=1S/C20H28N2O3/c1-2-25-20(24)17-10-14-21(15-11-17)18(16-8-4-3-5-9-16)19(23)22-12-6-7-13-22/h3-5,8-9,17-18H,2,6-7,10-15H2,1H3. The first-order valence-electron chi connectivity index (χ1n) is 9.45. The number of amides is 1. The van der Waals surface area contributed by atoms with E-state index in [9.17, 15) is 9.59 Å². The van der Waals surface area contributed by atoms with Crippen molar-refractivity contribution < 1.29 is 14.3 Å². The van der Waals surface area contributed by atoms with Crippen LogP contribution in [0.15, 0.2) is 30.3 Å². The van der Waals surface area contributed by atoms with Gasteiger partial charge in [-0.05, 0) is 38.2 Å². The molecule has 5 heteroatoms. The van der Waals surface area contributed by atoms with Crippen LogP contribution in [0.3, 0.4) is 0 Å². The van der Waals surface area contributed by atoms with Crippen molar-refractivity contribution in [2.24, 2.45) is 5.92 Å². The summed E-state index contributed by atoms with van der Waals surface area (Å²) in [6, 6.07) is 9.80. The van der Waals surface area contributed by atoms with Gasteiger partial charge in [0.1, 0.15) is 6.04 Å². The van der Waals surface area contributed by atoms with Crippen molar-refractivity contribution in [2.45, 2.75) is 38.6 Å². The minimum atomic E-state index is -0.234. The first kappa shape index (κ1) is 17.9. The monoisotopic (exact) mass is 344 g/mol. The van der Waals surface area contributed by atoms with E-state index in [-0.39, 0.29) is 23.8 Å². The van der Waals surface area contributed by atoms with Gasteiger partial charge >= 0.3 is 5.97 Å². The Kier molecular flexibility index (Phi) is 6.08. The summed E-state index contributed by atoms with van der Waals surface area (Å²) in [5.41, 5.74) is 1.05. The molecule has 2 saturated heterocycles. The number of rotatable bonds is 5. The first-order valence-corrected chi connectivity index (χ1v) is 9.45. The van der Waals surface area contributed by atoms with E-state index in [0.29, 0.717) is 6.61 Å². The third kappa shape index (κ3) is 4.21. The summed E-state index contributed by atoms with van der Waals surface area (Å²) in [6.45, 7) is 5.50. The number of likely N-dealkylation sites (tertiary alicyclic amines) is 2. The number of ether oxygens (including phenoxy) is 1. The largest absolute Gasteiger partial charge is 0.466 e. The molecule has 1 amide bonds. The number of hydrogen-bond donors (Lipinski definition) is 0. The fraction of sp³-hybridized carbons (Fsp3) is 0.600. The van der Waals surface area contributed by atoms with E-state index in [1.807, 2.05) is 42.2 Å². The quantitative estimate of drug-likeness (QED) is 0.771. The number of esters is 1. The van der Waals surface area contributed by atoms with Crippen molar-refractivity contribution >= 4 is 11.9 Å². The van der Waals surface area contributed by atoms with Crippen LogP contribution in [0.4, 0.5) is 0 Å². The van der Waals surface area contributed by atoms with E-state index in [4.69, 9.17) is 4.74 Å². The summed E-state index contributed by atoms with van der Waals surface area (Å²) in [4.78, 5) is 29.4. The van der Waals surface area contributed by atoms with E-state index in [2.05, 4.69) is 4.90 Å². The summed E-state index contributed by atoms with van der Waals surface area (Å²) in [6.07, 6.45) is 3.71. The van der Waals surface area contributed by atoms with E-state index in [1.54, 1.807) is 0 Å². The van der Waals surface area contributed by atoms with Crippen LogP contribution in [0, 0.1) is 5.92 Å². The zero-order valence-electron chi connectivity index (χ0n) is 15.0. The molecule has 25 heavy (non-hydrogen) atoms. The van der Waals surface area contributed by atoms with Crippen LogP contribution in [0.25, 0.3) is 0 Å². The second-order valence-corrected chi connectivity index (χ2v) is 6.91. The second kappa shape index (κ2) is 8.48. The predicted molar refractivity (Wildman–Crippen MR) is 95.9 cm³/mol. The SMILES string of the molecule is CCOC(=O)C1CCN(C(C(=O)N2CCCC2)c2ccccc2)CC1. The molecule has 5 nitrogen and oxygen atoms in total. The average molecular weight is 344 g/mol. The van der Waals surface area contributed by atoms with Crippen LogP contribution < -0.4 is 0 Å². The van der Waals surface area contributed by atoms with Gasteiger partial charge in [-0.2, -0.15) is 0 Å². The average Bonchev–Trinajstić information content (AvgIpc) is 3.18. The maximum absolute atomic E-state index is 13.2. The molecule has 0 spiro atoms. The van der Waals surface area contributed by atoms with Crippen molar-refractivity contribution in [2.75, 3.05) is 32.8 Å². The lowest BCUT2D eigenvalue weighted by atomic mass is 9.93. The molecule has 0 aliphatic carbocycles. The molecule has 1 atom stereocenters. The fourth-order valence-corrected chi connectivity index (χ4v) is 3.91. The zero-order chi connectivity index (χ0) is 17.6. The summed E-state index contributed by atoms with van der Waals surface area (Å²) in [5, 5.41) is 0. The molecule has 1 unspecified atom stereocenters. The van der Waals surface area contributed by atoms with Gasteiger partial charge in [0.15, 0.2) is 0 Å². The van der Waals surface area contributed by atoms with Crippen LogP contribution >= 0.6 is 0 Å². The molecule has 1 aromatic carbocycles. The van der Waals surface area contributed by atoms with Gasteiger partial charge in [0, 0.05) is 26.2 Å². The smallest absolute Gasteiger partial charge is 0.309 e. The maximum atomic E-state index is 13.2. The number of hydrogen-bond acceptors (Lipinski definition) is 4. The van der Waals surface area contributed by atoms with Crippen LogP contribution in [0.5, 0.6) is 0 Å². The predicted octanol–water partition coefficient (Wildman–Crippen LogP) is 2.63. The summed E-state index contributed by atoms with van der Waals surface area (Å²) in [5.74, 6) is 0.0806. The lowest BCUT2D eigenvalue weighted by Gasteiger charge is -2.37. The van der Waals surface area contributed by atoms with Crippen LogP contribution in [-0.2, 0) is 14.3 Å². The Morgan fingerprint density at radius 3 is 2.32 bits per heavy atom. The van der Waals surface area contributed by atoms with Crippen LogP contribution in [0.1, 0.15) is 44.2 Å². The highest BCUT2D eigenvalue weighted by molar-refractivity contribution is 5.83. The molecule has 0 N–H and O–H groups in total. The lowest BCUT2D eigenvalue weighted by molar-refractivity contribution is -0.150. The molecular formula is C20H28N2O3. The zero-order valence-corrected chi connectivity index (χ0v) is 15.0. The van der Waals surface area contributed by atoms with E-state index in [0.717, 1.165) is 57.4 Å². The van der Waals surface area contributed by atoms with Gasteiger partial charge in [0.05, 0.1) is 12.5 Å². The highest BCUT2D eigenvalue weighted by Gasteiger charge is 2.36. The molecule has 1 aromatic rings. The topological polar surface area (TPSA) is 49.9 Å². The highest BCUT2D eigenvalue weighted by atomic mass is 16.5. The molecule has 2 aliphatic heterocycles. The van der Waals surface area contributed by atoms with Crippen molar-refractivity contribution in [1.29, 1.82) is 0 Å². The Hall–Kier alpha value is -1.88. The third-order valence-electron chi connectivity index (χ3n) is 5.28. The van der Waals surface area contributed by atoms with Crippen LogP contribution in [-0.4, -0.2) is 54.5 Å². The Morgan fingerprint density at radius 1 is 1.08 bits per heavy atom. The Labute approximate surface area is 149 Å². The molecule has 2 fully saturated rings. The van der Waals surface area contributed by atoms with Gasteiger partial charge < -0.3 is 9.64 Å². The highest BCUT2D eigenvalue weighted by Crippen LogP contribution is 2.30. The van der Waals surface area contributed by atoms with Gasteiger partial charge in [-0.1, -0.05) is 30.3 Å². The van der Waals surface area contributed by atoms with Crippen molar-refractivity contribution in [1.82, 2.24) is 9.80 Å². The number of carbonyl (C=O) groups excluding carboxylic acids is 2. The molecule has 0 radical (unpaired) electrons. The summed E-state index contributed by atoms with van der Waals surface area (Å²) >= 11 is 0. The van der Waals surface area contributed by atoms with Gasteiger partial charge in [0.2, 0.25) is 5.91 Å². The second-order valence-electron chi connectivity index (χ2n) is 6.91. The third-order valence-corrected chi connectivity index (χ3v) is 5.28. The van der Waals surface area contributed by atoms with Gasteiger partial charge in [-0.3, -0.25) is 14.5 Å². The number of nitrogens with zero attached hydrogens (tertiary/aromatic N) is 2. The normalized spacial score (nSPS) is 20.4. The van der Waals surface area contributed by atoms with Gasteiger partial charge in [0.25, 0.3) is 0 Å². The van der Waals surface area contributed by atoms with Crippen molar-refractivity contribution in [3.8, 4) is 0 Å². The molecule has 0 aromatic heterocycles. The molecule has 2 heterocycles. The molecule has 3 rings (SSSR count). The van der Waals surface area contributed by atoms with Gasteiger partial charge in [-0.25, -0.2) is 0 Å². The summed E-state index contributed by atoms with van der Waals surface area (Å²) in [7, 11) is 0. The van der Waals surface area contributed by atoms with Gasteiger partial charge in [-0.15, -0.1) is 0 Å². The van der Waals surface area contributed by atoms with Crippen molar-refractivity contribution in [3.05, 3.63) is 35.9 Å². The Balaban J connectivity index is 1.72. The molecule has 0 bridgehead atoms. The number of benzene rings is 1. The molecule has 0 saturated carbocycles. The number of carbonyl (C=O) groups is 2. The Morgan fingerprint density at radius 2 is 1.72 bits per heavy atom. The van der Waals surface area contributed by atoms with Crippen molar-refractivity contribution in [3.63, 3.8) is 0 Å². The molecular weight excluding hydrogens is 316 g/mol. The first-order chi connectivity index (χ1) is 12.2. The molecule has 136 valence electrons. The van der Waals surface area contributed by atoms with E-state index in [1.165, 1.54) is 0 Å². The van der Waals surface area contributed by atoms with E-state index < -0.39 is 0 Å². The minimum absolute atomic E-state index is 0.0329. The lowest BCUT2D eigenvalue weighted by Crippen LogP contribution is -2.46. The maximum Gasteiger partial charge on any atom is 0.309 e. The summed E-state index contributed by atoms with van der Waals surface area (Å²) < 4.78 is 5.16. The van der Waals surface area contributed by atoms with E-state index >= 15 is 0 Å². The minimum Gasteiger partial charge on any atom is -0.466 e.